The fraction of sp³-hybridized carbons (Fsp3) is 0.0625. The van der Waals surface area contributed by atoms with Crippen LogP contribution < -0.4 is 9.73 Å². The number of nitrogens with zero attached hydrogens (tertiary/aromatic N) is 5. The van der Waals surface area contributed by atoms with Crippen LogP contribution in [0.3, 0.4) is 0 Å². The summed E-state index contributed by atoms with van der Waals surface area (Å²) in [7, 11) is -4.36. The van der Waals surface area contributed by atoms with Gasteiger partial charge in [-0.25, -0.2) is 4.68 Å². The van der Waals surface area contributed by atoms with Gasteiger partial charge in [-0.2, -0.15) is 13.7 Å². The number of aromatic nitrogens is 3. The molecule has 0 atom stereocenters. The zero-order chi connectivity index (χ0) is 19.4. The Morgan fingerprint density at radius 3 is 2.41 bits per heavy atom. The van der Waals surface area contributed by atoms with Gasteiger partial charge in [-0.1, -0.05) is 6.07 Å². The fourth-order valence-electron chi connectivity index (χ4n) is 2.39. The third kappa shape index (κ3) is 4.82. The van der Waals surface area contributed by atoms with Gasteiger partial charge in [-0.15, -0.1) is 10.2 Å². The Labute approximate surface area is 163 Å². The summed E-state index contributed by atoms with van der Waals surface area (Å²) in [4.78, 5) is 0. The summed E-state index contributed by atoms with van der Waals surface area (Å²) >= 11 is 3.29. The number of nitrogens with one attached hydrogen (secondary N) is 1. The van der Waals surface area contributed by atoms with Crippen LogP contribution in [0.1, 0.15) is 11.1 Å². The van der Waals surface area contributed by atoms with Gasteiger partial charge < -0.3 is 0 Å². The summed E-state index contributed by atoms with van der Waals surface area (Å²) in [6.07, 6.45) is 3.09. The van der Waals surface area contributed by atoms with Crippen molar-refractivity contribution < 1.29 is 13.0 Å². The lowest BCUT2D eigenvalue weighted by atomic mass is 10.2. The van der Waals surface area contributed by atoms with Crippen LogP contribution in [-0.4, -0.2) is 27.8 Å². The maximum absolute atomic E-state index is 11.0. The first kappa shape index (κ1) is 18.8. The average molecular weight is 449 g/mol. The van der Waals surface area contributed by atoms with Crippen LogP contribution in [0.4, 0.5) is 11.4 Å². The van der Waals surface area contributed by atoms with E-state index >= 15 is 0 Å². The molecule has 0 aliphatic carbocycles. The average Bonchev–Trinajstić information content (AvgIpc) is 3.15. The predicted molar refractivity (Wildman–Crippen MR) is 102 cm³/mol. The topological polar surface area (TPSA) is 124 Å². The minimum atomic E-state index is -4.36. The molecule has 3 aromatic rings. The molecule has 0 unspecified atom stereocenters. The molecule has 3 rings (SSSR count). The molecule has 0 spiro atoms. The van der Waals surface area contributed by atoms with Crippen LogP contribution in [0.15, 0.2) is 59.6 Å². The molecule has 9 nitrogen and oxygen atoms in total. The van der Waals surface area contributed by atoms with Gasteiger partial charge in [0.15, 0.2) is 0 Å². The minimum Gasteiger partial charge on any atom is -0.274 e. The van der Waals surface area contributed by atoms with Crippen molar-refractivity contribution in [3.05, 3.63) is 70.7 Å². The smallest absolute Gasteiger partial charge is 0.274 e. The van der Waals surface area contributed by atoms with Crippen molar-refractivity contribution in [3.8, 4) is 6.07 Å². The molecule has 0 radical (unpaired) electrons. The first-order chi connectivity index (χ1) is 12.9. The molecular weight excluding hydrogens is 436 g/mol. The molecule has 27 heavy (non-hydrogen) atoms. The Balaban J connectivity index is 1.91. The quantitative estimate of drug-likeness (QED) is 0.555. The highest BCUT2D eigenvalue weighted by atomic mass is 79.9. The molecule has 0 amide bonds. The Hall–Kier alpha value is -2.94. The van der Waals surface area contributed by atoms with E-state index in [2.05, 4.69) is 32.2 Å². The van der Waals surface area contributed by atoms with E-state index < -0.39 is 10.3 Å². The molecule has 2 aromatic carbocycles. The Bertz CT molecular complexity index is 1080. The van der Waals surface area contributed by atoms with E-state index in [4.69, 9.17) is 9.81 Å². The molecular formula is C16H13BrN6O3S. The van der Waals surface area contributed by atoms with Crippen molar-refractivity contribution in [3.63, 3.8) is 0 Å². The van der Waals surface area contributed by atoms with Gasteiger partial charge in [0.05, 0.1) is 29.6 Å². The zero-order valence-electron chi connectivity index (χ0n) is 13.7. The number of halogens is 1. The minimum absolute atomic E-state index is 0.218. The zero-order valence-corrected chi connectivity index (χ0v) is 16.1. The number of rotatable bonds is 6. The number of hydrogen-bond donors (Lipinski definition) is 2. The summed E-state index contributed by atoms with van der Waals surface area (Å²) < 4.78 is 35.1. The third-order valence-electron chi connectivity index (χ3n) is 3.58. The molecule has 0 saturated heterocycles. The molecule has 0 saturated carbocycles. The second-order valence-electron chi connectivity index (χ2n) is 5.45. The Morgan fingerprint density at radius 2 is 1.85 bits per heavy atom. The summed E-state index contributed by atoms with van der Waals surface area (Å²) in [5.41, 5.74) is 2.42. The standard InChI is InChI=1S/C16H13BrN6O3S/c17-15-7-13(3-6-16(15)21-27(24,25)26)9-23(22-10-19-20-11-22)14-4-1-12(8-18)2-5-14/h1-7,10-11,21H,9H2,(H,24,25,26). The molecule has 138 valence electrons. The second-order valence-corrected chi connectivity index (χ2v) is 7.46. The summed E-state index contributed by atoms with van der Waals surface area (Å²) in [5.74, 6) is 0. The van der Waals surface area contributed by atoms with Gasteiger partial charge in [0.2, 0.25) is 0 Å². The highest BCUT2D eigenvalue weighted by molar-refractivity contribution is 9.10. The lowest BCUT2D eigenvalue weighted by molar-refractivity contribution is 0.489. The predicted octanol–water partition coefficient (Wildman–Crippen LogP) is 2.60. The molecule has 11 heteroatoms. The summed E-state index contributed by atoms with van der Waals surface area (Å²) in [6, 6.07) is 14.1. The van der Waals surface area contributed by atoms with Gasteiger partial charge in [-0.3, -0.25) is 14.3 Å². The van der Waals surface area contributed by atoms with Crippen molar-refractivity contribution in [1.29, 1.82) is 5.26 Å². The molecule has 0 bridgehead atoms. The van der Waals surface area contributed by atoms with Gasteiger partial charge in [0.1, 0.15) is 12.7 Å². The number of hydrogen-bond acceptors (Lipinski definition) is 6. The maximum Gasteiger partial charge on any atom is 0.357 e. The van der Waals surface area contributed by atoms with Gasteiger partial charge in [-0.05, 0) is 57.9 Å². The van der Waals surface area contributed by atoms with E-state index in [9.17, 15) is 8.42 Å². The molecule has 0 fully saturated rings. The van der Waals surface area contributed by atoms with Crippen molar-refractivity contribution in [2.75, 3.05) is 9.73 Å². The highest BCUT2D eigenvalue weighted by Gasteiger charge is 2.13. The SMILES string of the molecule is N#Cc1ccc(N(Cc2ccc(NS(=O)(=O)O)c(Br)c2)n2cnnc2)cc1. The van der Waals surface area contributed by atoms with E-state index in [0.29, 0.717) is 16.6 Å². The van der Waals surface area contributed by atoms with Gasteiger partial charge >= 0.3 is 10.3 Å². The first-order valence-corrected chi connectivity index (χ1v) is 9.75. The van der Waals surface area contributed by atoms with Crippen LogP contribution in [0, 0.1) is 11.3 Å². The van der Waals surface area contributed by atoms with Crippen molar-refractivity contribution in [2.45, 2.75) is 6.54 Å². The van der Waals surface area contributed by atoms with Crippen molar-refractivity contribution in [2.24, 2.45) is 0 Å². The summed E-state index contributed by atoms with van der Waals surface area (Å²) in [5, 5.41) is 18.5. The monoisotopic (exact) mass is 448 g/mol. The molecule has 0 aliphatic heterocycles. The number of anilines is 2. The third-order valence-corrected chi connectivity index (χ3v) is 4.72. The molecule has 1 aromatic heterocycles. The van der Waals surface area contributed by atoms with E-state index in [1.807, 2.05) is 21.9 Å². The van der Waals surface area contributed by atoms with E-state index in [1.165, 1.54) is 6.07 Å². The Kier molecular flexibility index (Phi) is 5.41. The van der Waals surface area contributed by atoms with Crippen molar-refractivity contribution >= 4 is 37.6 Å². The van der Waals surface area contributed by atoms with E-state index in [1.54, 1.807) is 41.6 Å². The lowest BCUT2D eigenvalue weighted by Crippen LogP contribution is -2.27. The largest absolute Gasteiger partial charge is 0.357 e. The highest BCUT2D eigenvalue weighted by Crippen LogP contribution is 2.26. The second kappa shape index (κ2) is 7.75. The first-order valence-electron chi connectivity index (χ1n) is 7.52. The molecule has 2 N–H and O–H groups in total. The van der Waals surface area contributed by atoms with Gasteiger partial charge in [0, 0.05) is 4.47 Å². The van der Waals surface area contributed by atoms with Crippen LogP contribution in [0.25, 0.3) is 0 Å². The Morgan fingerprint density at radius 1 is 1.19 bits per heavy atom. The molecule has 0 aliphatic rings. The fourth-order valence-corrected chi connectivity index (χ4v) is 3.50. The van der Waals surface area contributed by atoms with Crippen LogP contribution in [-0.2, 0) is 16.8 Å². The van der Waals surface area contributed by atoms with E-state index in [-0.39, 0.29) is 5.69 Å². The van der Waals surface area contributed by atoms with Crippen LogP contribution >= 0.6 is 15.9 Å². The number of benzene rings is 2. The van der Waals surface area contributed by atoms with Gasteiger partial charge in [0.25, 0.3) is 0 Å². The lowest BCUT2D eigenvalue weighted by Gasteiger charge is -2.25. The number of nitriles is 1. The van der Waals surface area contributed by atoms with Crippen LogP contribution in [0.2, 0.25) is 0 Å². The summed E-state index contributed by atoms with van der Waals surface area (Å²) in [6.45, 7) is 0.411. The molecule has 1 heterocycles. The maximum atomic E-state index is 11.0. The van der Waals surface area contributed by atoms with Crippen LogP contribution in [0.5, 0.6) is 0 Å². The van der Waals surface area contributed by atoms with Crippen molar-refractivity contribution in [1.82, 2.24) is 14.9 Å². The normalized spacial score (nSPS) is 11.0. The van der Waals surface area contributed by atoms with E-state index in [0.717, 1.165) is 11.3 Å².